The molecule has 0 aromatic carbocycles. The number of carboxylic acids is 1. The lowest BCUT2D eigenvalue weighted by Gasteiger charge is -2.31. The van der Waals surface area contributed by atoms with Crippen LogP contribution in [0.1, 0.15) is 19.3 Å². The number of carbonyl (C=O) groups is 2. The molecule has 0 radical (unpaired) electrons. The van der Waals surface area contributed by atoms with Gasteiger partial charge in [-0.2, -0.15) is 26.3 Å². The first-order valence-corrected chi connectivity index (χ1v) is 5.26. The molecule has 116 valence electrons. The van der Waals surface area contributed by atoms with Crippen molar-refractivity contribution in [1.82, 2.24) is 5.32 Å². The van der Waals surface area contributed by atoms with Gasteiger partial charge in [0.2, 0.25) is 0 Å². The number of esters is 1. The first-order chi connectivity index (χ1) is 8.91. The lowest BCUT2D eigenvalue weighted by atomic mass is 10.1. The van der Waals surface area contributed by atoms with Crippen molar-refractivity contribution >= 4 is 11.9 Å². The monoisotopic (exact) mass is 309 g/mol. The van der Waals surface area contributed by atoms with Gasteiger partial charge in [0.15, 0.2) is 0 Å². The van der Waals surface area contributed by atoms with Crippen LogP contribution in [-0.2, 0) is 14.3 Å². The lowest BCUT2D eigenvalue weighted by molar-refractivity contribution is -0.369. The second kappa shape index (κ2) is 5.11. The number of carboxylic acid groups (broad SMARTS) is 1. The summed E-state index contributed by atoms with van der Waals surface area (Å²) >= 11 is 0. The Morgan fingerprint density at radius 1 is 1.25 bits per heavy atom. The molecule has 0 aromatic rings. The molecule has 1 saturated heterocycles. The average molecular weight is 309 g/mol. The first kappa shape index (κ1) is 16.5. The van der Waals surface area contributed by atoms with E-state index in [-0.39, 0.29) is 6.42 Å². The van der Waals surface area contributed by atoms with Crippen molar-refractivity contribution in [2.45, 2.75) is 43.4 Å². The molecule has 20 heavy (non-hydrogen) atoms. The van der Waals surface area contributed by atoms with E-state index in [1.54, 1.807) is 0 Å². The summed E-state index contributed by atoms with van der Waals surface area (Å²) in [6.45, 7) is 0. The number of cyclic esters (lactones) is 1. The highest BCUT2D eigenvalue weighted by Gasteiger charge is 2.78. The third-order valence-electron chi connectivity index (χ3n) is 2.60. The van der Waals surface area contributed by atoms with Crippen LogP contribution in [0.25, 0.3) is 0 Å². The van der Waals surface area contributed by atoms with E-state index < -0.39 is 48.9 Å². The Labute approximate surface area is 107 Å². The molecule has 1 atom stereocenters. The maximum atomic E-state index is 12.6. The zero-order valence-electron chi connectivity index (χ0n) is 9.64. The molecule has 0 saturated carbocycles. The van der Waals surface area contributed by atoms with E-state index in [4.69, 9.17) is 5.11 Å². The van der Waals surface area contributed by atoms with Gasteiger partial charge in [0.05, 0.1) is 0 Å². The van der Waals surface area contributed by atoms with Gasteiger partial charge < -0.3 is 9.84 Å². The minimum absolute atomic E-state index is 0.270. The van der Waals surface area contributed by atoms with Crippen LogP contribution in [0, 0.1) is 0 Å². The highest BCUT2D eigenvalue weighted by Crippen LogP contribution is 2.47. The third kappa shape index (κ3) is 2.97. The fourth-order valence-corrected chi connectivity index (χ4v) is 1.64. The van der Waals surface area contributed by atoms with Crippen LogP contribution in [0.3, 0.4) is 0 Å². The summed E-state index contributed by atoms with van der Waals surface area (Å²) in [6.07, 6.45) is -13.0. The Hall–Kier alpha value is -1.52. The summed E-state index contributed by atoms with van der Waals surface area (Å²) < 4.78 is 78.8. The van der Waals surface area contributed by atoms with Crippen LogP contribution in [0.15, 0.2) is 0 Å². The number of nitrogens with one attached hydrogen (secondary N) is 1. The quantitative estimate of drug-likeness (QED) is 0.609. The van der Waals surface area contributed by atoms with Crippen molar-refractivity contribution in [3.05, 3.63) is 0 Å². The maximum absolute atomic E-state index is 12.6. The highest BCUT2D eigenvalue weighted by atomic mass is 19.4. The predicted molar refractivity (Wildman–Crippen MR) is 49.3 cm³/mol. The van der Waals surface area contributed by atoms with Gasteiger partial charge in [-0.15, -0.1) is 0 Å². The molecule has 11 heteroatoms. The molecule has 5 nitrogen and oxygen atoms in total. The average Bonchev–Trinajstić information content (AvgIpc) is 2.55. The fraction of sp³-hybridized carbons (Fsp3) is 0.778. The van der Waals surface area contributed by atoms with E-state index >= 15 is 0 Å². The minimum atomic E-state index is -5.89. The molecular weight excluding hydrogens is 300 g/mol. The lowest BCUT2D eigenvalue weighted by Crippen LogP contribution is -2.65. The molecule has 1 aliphatic heterocycles. The van der Waals surface area contributed by atoms with Crippen LogP contribution < -0.4 is 5.32 Å². The number of hydrogen-bond donors (Lipinski definition) is 2. The van der Waals surface area contributed by atoms with Gasteiger partial charge in [0.1, 0.15) is 6.04 Å². The Balaban J connectivity index is 2.88. The molecule has 1 fully saturated rings. The largest absolute Gasteiger partial charge is 0.481 e. The van der Waals surface area contributed by atoms with E-state index in [1.165, 1.54) is 0 Å². The topological polar surface area (TPSA) is 75.6 Å². The summed E-state index contributed by atoms with van der Waals surface area (Å²) in [4.78, 5) is 21.3. The van der Waals surface area contributed by atoms with Crippen LogP contribution in [0.2, 0.25) is 0 Å². The van der Waals surface area contributed by atoms with E-state index in [0.717, 1.165) is 5.32 Å². The highest BCUT2D eigenvalue weighted by molar-refractivity contribution is 5.79. The van der Waals surface area contributed by atoms with E-state index in [2.05, 4.69) is 4.74 Å². The van der Waals surface area contributed by atoms with Crippen LogP contribution in [0.5, 0.6) is 0 Å². The second-order valence-electron chi connectivity index (χ2n) is 4.08. The standard InChI is InChI=1S/C9H9F6NO4/c10-8(11,12)7(9(13,14)15)16-4(6(19)20-7)2-1-3-5(17)18/h4,16H,1-3H2,(H,17,18)/t4-/m1/s1. The van der Waals surface area contributed by atoms with Gasteiger partial charge in [-0.05, 0) is 12.8 Å². The van der Waals surface area contributed by atoms with E-state index in [1.807, 2.05) is 0 Å². The molecule has 0 aliphatic carbocycles. The molecule has 0 bridgehead atoms. The zero-order valence-corrected chi connectivity index (χ0v) is 9.64. The number of rotatable bonds is 4. The van der Waals surface area contributed by atoms with Crippen LogP contribution in [-0.4, -0.2) is 41.2 Å². The van der Waals surface area contributed by atoms with Gasteiger partial charge in [-0.1, -0.05) is 0 Å². The number of aliphatic carboxylic acids is 1. The molecular formula is C9H9F6NO4. The number of halogens is 6. The van der Waals surface area contributed by atoms with Crippen molar-refractivity contribution in [1.29, 1.82) is 0 Å². The number of hydrogen-bond acceptors (Lipinski definition) is 4. The van der Waals surface area contributed by atoms with Crippen molar-refractivity contribution in [3.8, 4) is 0 Å². The van der Waals surface area contributed by atoms with Crippen LogP contribution in [0.4, 0.5) is 26.3 Å². The molecule has 1 heterocycles. The third-order valence-corrected chi connectivity index (χ3v) is 2.60. The van der Waals surface area contributed by atoms with Gasteiger partial charge in [0.25, 0.3) is 0 Å². The van der Waals surface area contributed by atoms with E-state index in [9.17, 15) is 35.9 Å². The molecule has 0 spiro atoms. The Morgan fingerprint density at radius 3 is 2.10 bits per heavy atom. The normalized spacial score (nSPS) is 22.7. The Kier molecular flexibility index (Phi) is 4.22. The SMILES string of the molecule is O=C(O)CCC[C@H]1NC(C(F)(F)F)(C(F)(F)F)OC1=O. The first-order valence-electron chi connectivity index (χ1n) is 5.26. The molecule has 1 rings (SSSR count). The predicted octanol–water partition coefficient (Wildman–Crippen LogP) is 1.58. The number of ether oxygens (including phenoxy) is 1. The van der Waals surface area contributed by atoms with Gasteiger partial charge >= 0.3 is 30.0 Å². The number of alkyl halides is 6. The zero-order chi connectivity index (χ0) is 15.8. The molecule has 0 unspecified atom stereocenters. The summed E-state index contributed by atoms with van der Waals surface area (Å²) in [5.74, 6) is -3.00. The summed E-state index contributed by atoms with van der Waals surface area (Å²) in [5.41, 5.74) is -4.75. The van der Waals surface area contributed by atoms with Gasteiger partial charge in [0, 0.05) is 6.42 Å². The molecule has 1 aliphatic rings. The molecule has 0 amide bonds. The summed E-state index contributed by atoms with van der Waals surface area (Å²) in [7, 11) is 0. The maximum Gasteiger partial charge on any atom is 0.452 e. The van der Waals surface area contributed by atoms with Gasteiger partial charge in [-0.3, -0.25) is 14.9 Å². The fourth-order valence-electron chi connectivity index (χ4n) is 1.64. The van der Waals surface area contributed by atoms with Crippen molar-refractivity contribution in [2.75, 3.05) is 0 Å². The van der Waals surface area contributed by atoms with Crippen molar-refractivity contribution < 1.29 is 45.8 Å². The summed E-state index contributed by atoms with van der Waals surface area (Å²) in [6, 6.07) is -1.86. The Morgan fingerprint density at radius 2 is 1.75 bits per heavy atom. The van der Waals surface area contributed by atoms with E-state index in [0.29, 0.717) is 0 Å². The summed E-state index contributed by atoms with van der Waals surface area (Å²) in [5, 5.41) is 9.41. The van der Waals surface area contributed by atoms with Crippen LogP contribution >= 0.6 is 0 Å². The molecule has 0 aromatic heterocycles. The Bertz CT molecular complexity index is 390. The number of carbonyl (C=O) groups excluding carboxylic acids is 1. The smallest absolute Gasteiger partial charge is 0.452 e. The van der Waals surface area contributed by atoms with Crippen molar-refractivity contribution in [2.24, 2.45) is 0 Å². The van der Waals surface area contributed by atoms with Gasteiger partial charge in [-0.25, -0.2) is 0 Å². The minimum Gasteiger partial charge on any atom is -0.481 e. The second-order valence-corrected chi connectivity index (χ2v) is 4.08. The molecule has 2 N–H and O–H groups in total. The van der Waals surface area contributed by atoms with Crippen molar-refractivity contribution in [3.63, 3.8) is 0 Å².